The van der Waals surface area contributed by atoms with Crippen LogP contribution in [0.25, 0.3) is 0 Å². The molecule has 0 unspecified atom stereocenters. The van der Waals surface area contributed by atoms with Crippen LogP contribution in [0.5, 0.6) is 0 Å². The minimum absolute atomic E-state index is 0.000793. The summed E-state index contributed by atoms with van der Waals surface area (Å²) in [6.45, 7) is 0.0439. The van der Waals surface area contributed by atoms with Crippen LogP contribution >= 0.6 is 11.3 Å². The number of nitrogens with zero attached hydrogens (tertiary/aromatic N) is 1. The van der Waals surface area contributed by atoms with Crippen LogP contribution in [0.1, 0.15) is 30.0 Å². The van der Waals surface area contributed by atoms with Gasteiger partial charge >= 0.3 is 0 Å². The Morgan fingerprint density at radius 3 is 2.85 bits per heavy atom. The van der Waals surface area contributed by atoms with E-state index in [1.54, 1.807) is 0 Å². The molecule has 0 spiro atoms. The number of thiazole rings is 1. The second-order valence-corrected chi connectivity index (χ2v) is 4.73. The molecule has 13 heavy (non-hydrogen) atoms. The lowest BCUT2D eigenvalue weighted by atomic mass is 9.75. The monoisotopic (exact) mass is 198 g/mol. The summed E-state index contributed by atoms with van der Waals surface area (Å²) in [5.41, 5.74) is 7.13. The molecule has 2 rings (SSSR count). The van der Waals surface area contributed by atoms with E-state index in [0.29, 0.717) is 0 Å². The molecule has 1 aliphatic rings. The van der Waals surface area contributed by atoms with Gasteiger partial charge in [0.1, 0.15) is 5.01 Å². The Morgan fingerprint density at radius 2 is 2.38 bits per heavy atom. The first kappa shape index (κ1) is 9.12. The van der Waals surface area contributed by atoms with Crippen molar-refractivity contribution in [1.29, 1.82) is 0 Å². The van der Waals surface area contributed by atoms with E-state index < -0.39 is 0 Å². The van der Waals surface area contributed by atoms with Crippen molar-refractivity contribution < 1.29 is 5.11 Å². The summed E-state index contributed by atoms with van der Waals surface area (Å²) in [4.78, 5) is 4.28. The molecule has 0 saturated heterocycles. The van der Waals surface area contributed by atoms with Gasteiger partial charge in [0.15, 0.2) is 0 Å². The maximum absolute atomic E-state index is 8.84. The van der Waals surface area contributed by atoms with Gasteiger partial charge in [0.05, 0.1) is 12.3 Å². The van der Waals surface area contributed by atoms with Gasteiger partial charge in [-0.2, -0.15) is 0 Å². The summed E-state index contributed by atoms with van der Waals surface area (Å²) in [5, 5.41) is 11.6. The molecule has 0 amide bonds. The highest BCUT2D eigenvalue weighted by molar-refractivity contribution is 7.09. The minimum Gasteiger partial charge on any atom is -0.389 e. The SMILES string of the molecule is NC1(Cc2csc(CO)n2)CCC1. The Labute approximate surface area is 81.6 Å². The van der Waals surface area contributed by atoms with Crippen molar-refractivity contribution in [2.45, 2.75) is 37.8 Å². The van der Waals surface area contributed by atoms with Crippen LogP contribution in [0.4, 0.5) is 0 Å². The van der Waals surface area contributed by atoms with Gasteiger partial charge in [-0.3, -0.25) is 0 Å². The molecule has 0 aromatic carbocycles. The maximum atomic E-state index is 8.84. The standard InChI is InChI=1S/C9H14N2OS/c10-9(2-1-3-9)4-7-6-13-8(5-12)11-7/h6,12H,1-5,10H2. The van der Waals surface area contributed by atoms with Crippen LogP contribution in [0.2, 0.25) is 0 Å². The molecule has 0 radical (unpaired) electrons. The first-order valence-electron chi connectivity index (χ1n) is 4.55. The number of rotatable bonds is 3. The summed E-state index contributed by atoms with van der Waals surface area (Å²) >= 11 is 1.51. The van der Waals surface area contributed by atoms with Crippen molar-refractivity contribution in [3.8, 4) is 0 Å². The van der Waals surface area contributed by atoms with Gasteiger partial charge in [-0.1, -0.05) is 0 Å². The molecule has 0 atom stereocenters. The van der Waals surface area contributed by atoms with Crippen molar-refractivity contribution in [3.63, 3.8) is 0 Å². The van der Waals surface area contributed by atoms with Crippen LogP contribution < -0.4 is 5.73 Å². The van der Waals surface area contributed by atoms with Crippen LogP contribution in [0.3, 0.4) is 0 Å². The fraction of sp³-hybridized carbons (Fsp3) is 0.667. The summed E-state index contributed by atoms with van der Waals surface area (Å²) in [5.74, 6) is 0. The first-order valence-corrected chi connectivity index (χ1v) is 5.43. The topological polar surface area (TPSA) is 59.1 Å². The normalized spacial score (nSPS) is 19.8. The second kappa shape index (κ2) is 3.36. The number of aliphatic hydroxyl groups excluding tert-OH is 1. The molecule has 0 bridgehead atoms. The minimum atomic E-state index is 0.000793. The maximum Gasteiger partial charge on any atom is 0.118 e. The Bertz CT molecular complexity index is 294. The fourth-order valence-electron chi connectivity index (χ4n) is 1.67. The van der Waals surface area contributed by atoms with Crippen molar-refractivity contribution >= 4 is 11.3 Å². The molecule has 1 aliphatic carbocycles. The lowest BCUT2D eigenvalue weighted by molar-refractivity contribution is 0.245. The smallest absolute Gasteiger partial charge is 0.118 e. The predicted octanol–water partition coefficient (Wildman–Crippen LogP) is 1.06. The van der Waals surface area contributed by atoms with E-state index in [0.717, 1.165) is 30.0 Å². The highest BCUT2D eigenvalue weighted by atomic mass is 32.1. The molecule has 3 N–H and O–H groups in total. The van der Waals surface area contributed by atoms with Gasteiger partial charge in [-0.15, -0.1) is 11.3 Å². The van der Waals surface area contributed by atoms with Crippen molar-refractivity contribution in [3.05, 3.63) is 16.1 Å². The third kappa shape index (κ3) is 1.90. The van der Waals surface area contributed by atoms with Gasteiger partial charge in [0.2, 0.25) is 0 Å². The fourth-order valence-corrected chi connectivity index (χ4v) is 2.32. The number of aromatic nitrogens is 1. The first-order chi connectivity index (χ1) is 6.22. The van der Waals surface area contributed by atoms with E-state index in [4.69, 9.17) is 10.8 Å². The van der Waals surface area contributed by atoms with Gasteiger partial charge in [-0.05, 0) is 19.3 Å². The molecular weight excluding hydrogens is 184 g/mol. The Balaban J connectivity index is 2.01. The van der Waals surface area contributed by atoms with E-state index >= 15 is 0 Å². The number of nitrogens with two attached hydrogens (primary N) is 1. The van der Waals surface area contributed by atoms with Gasteiger partial charge in [0.25, 0.3) is 0 Å². The Morgan fingerprint density at radius 1 is 1.62 bits per heavy atom. The molecule has 1 saturated carbocycles. The summed E-state index contributed by atoms with van der Waals surface area (Å²) < 4.78 is 0. The molecule has 72 valence electrons. The molecular formula is C9H14N2OS. The zero-order chi connectivity index (χ0) is 9.31. The van der Waals surface area contributed by atoms with E-state index in [1.165, 1.54) is 17.8 Å². The molecule has 1 fully saturated rings. The highest BCUT2D eigenvalue weighted by Crippen LogP contribution is 2.32. The third-order valence-electron chi connectivity index (χ3n) is 2.62. The van der Waals surface area contributed by atoms with Crippen molar-refractivity contribution in [1.82, 2.24) is 4.98 Å². The van der Waals surface area contributed by atoms with E-state index in [2.05, 4.69) is 4.98 Å². The third-order valence-corrected chi connectivity index (χ3v) is 3.50. The van der Waals surface area contributed by atoms with Crippen LogP contribution in [-0.4, -0.2) is 15.6 Å². The van der Waals surface area contributed by atoms with Gasteiger partial charge in [0, 0.05) is 17.3 Å². The molecule has 1 heterocycles. The van der Waals surface area contributed by atoms with E-state index in [9.17, 15) is 0 Å². The van der Waals surface area contributed by atoms with Crippen molar-refractivity contribution in [2.24, 2.45) is 5.73 Å². The zero-order valence-corrected chi connectivity index (χ0v) is 8.31. The largest absolute Gasteiger partial charge is 0.389 e. The number of hydrogen-bond donors (Lipinski definition) is 2. The number of hydrogen-bond acceptors (Lipinski definition) is 4. The Hall–Kier alpha value is -0.450. The average molecular weight is 198 g/mol. The molecule has 1 aromatic heterocycles. The Kier molecular flexibility index (Phi) is 2.36. The lowest BCUT2D eigenvalue weighted by Gasteiger charge is -2.37. The molecule has 1 aromatic rings. The average Bonchev–Trinajstić information content (AvgIpc) is 2.49. The van der Waals surface area contributed by atoms with Crippen molar-refractivity contribution in [2.75, 3.05) is 0 Å². The summed E-state index contributed by atoms with van der Waals surface area (Å²) in [6, 6.07) is 0. The summed E-state index contributed by atoms with van der Waals surface area (Å²) in [7, 11) is 0. The molecule has 4 heteroatoms. The second-order valence-electron chi connectivity index (χ2n) is 3.78. The summed E-state index contributed by atoms with van der Waals surface area (Å²) in [6.07, 6.45) is 4.33. The van der Waals surface area contributed by atoms with Crippen LogP contribution in [0.15, 0.2) is 5.38 Å². The molecule has 3 nitrogen and oxygen atoms in total. The lowest BCUT2D eigenvalue weighted by Crippen LogP contribution is -2.48. The zero-order valence-electron chi connectivity index (χ0n) is 7.49. The van der Waals surface area contributed by atoms with Crippen LogP contribution in [-0.2, 0) is 13.0 Å². The highest BCUT2D eigenvalue weighted by Gasteiger charge is 2.33. The van der Waals surface area contributed by atoms with Gasteiger partial charge in [-0.25, -0.2) is 4.98 Å². The van der Waals surface area contributed by atoms with E-state index in [-0.39, 0.29) is 12.1 Å². The number of aliphatic hydroxyl groups is 1. The predicted molar refractivity (Wildman–Crippen MR) is 52.5 cm³/mol. The quantitative estimate of drug-likeness (QED) is 0.763. The molecule has 0 aliphatic heterocycles. The van der Waals surface area contributed by atoms with Crippen LogP contribution in [0, 0.1) is 0 Å². The van der Waals surface area contributed by atoms with Gasteiger partial charge < -0.3 is 10.8 Å². The van der Waals surface area contributed by atoms with E-state index in [1.807, 2.05) is 5.38 Å².